The molecule has 0 spiro atoms. The van der Waals surface area contributed by atoms with E-state index >= 15 is 0 Å². The van der Waals surface area contributed by atoms with Crippen molar-refractivity contribution in [2.24, 2.45) is 7.05 Å². The molecule has 0 amide bonds. The van der Waals surface area contributed by atoms with Crippen molar-refractivity contribution in [3.63, 3.8) is 0 Å². The standard InChI is InChI=1S/C28H24N4O5/c1-31(23(17-9-5-4-6-10-17)18-13-15-19(16-14-18)27(34)35)28-30-22(24(36-3)26(33)32(28)2)25-29-20-11-7-8-12-21(20)37-25/h4-16,23H,1-3H3,(H,34,35). The van der Waals surface area contributed by atoms with Gasteiger partial charge in [-0.3, -0.25) is 9.36 Å². The zero-order valence-electron chi connectivity index (χ0n) is 20.5. The highest BCUT2D eigenvalue weighted by Gasteiger charge is 2.27. The Bertz CT molecular complexity index is 1610. The Labute approximate surface area is 212 Å². The second-order valence-electron chi connectivity index (χ2n) is 8.50. The number of anilines is 1. The van der Waals surface area contributed by atoms with Crippen LogP contribution in [0.4, 0.5) is 5.95 Å². The van der Waals surface area contributed by atoms with Gasteiger partial charge in [0.2, 0.25) is 11.7 Å². The highest BCUT2D eigenvalue weighted by Crippen LogP contribution is 2.34. The lowest BCUT2D eigenvalue weighted by atomic mass is 9.96. The SMILES string of the molecule is COc1c(-c2nc3ccccc3o2)nc(N(C)C(c2ccccc2)c2ccc(C(=O)O)cc2)n(C)c1=O. The van der Waals surface area contributed by atoms with Crippen molar-refractivity contribution in [2.45, 2.75) is 6.04 Å². The fourth-order valence-electron chi connectivity index (χ4n) is 4.39. The number of fused-ring (bicyclic) bond motifs is 1. The largest absolute Gasteiger partial charge is 0.489 e. The molecular weight excluding hydrogens is 472 g/mol. The minimum Gasteiger partial charge on any atom is -0.489 e. The van der Waals surface area contributed by atoms with Crippen LogP contribution in [0.2, 0.25) is 0 Å². The Balaban J connectivity index is 1.68. The van der Waals surface area contributed by atoms with Gasteiger partial charge in [0, 0.05) is 14.1 Å². The molecule has 0 saturated heterocycles. The Morgan fingerprint density at radius 2 is 1.62 bits per heavy atom. The molecule has 0 aliphatic heterocycles. The molecule has 3 aromatic carbocycles. The van der Waals surface area contributed by atoms with Gasteiger partial charge >= 0.3 is 5.97 Å². The van der Waals surface area contributed by atoms with Crippen molar-refractivity contribution in [2.75, 3.05) is 19.1 Å². The first-order chi connectivity index (χ1) is 17.9. The maximum Gasteiger partial charge on any atom is 0.335 e. The van der Waals surface area contributed by atoms with E-state index < -0.39 is 11.5 Å². The molecule has 9 heteroatoms. The zero-order chi connectivity index (χ0) is 26.1. The van der Waals surface area contributed by atoms with Gasteiger partial charge in [0.05, 0.1) is 18.7 Å². The van der Waals surface area contributed by atoms with Crippen LogP contribution >= 0.6 is 0 Å². The summed E-state index contributed by atoms with van der Waals surface area (Å²) in [4.78, 5) is 36.0. The van der Waals surface area contributed by atoms with Crippen LogP contribution < -0.4 is 15.2 Å². The van der Waals surface area contributed by atoms with Crippen molar-refractivity contribution in [3.05, 3.63) is 106 Å². The highest BCUT2D eigenvalue weighted by molar-refractivity contribution is 5.87. The summed E-state index contributed by atoms with van der Waals surface area (Å²) in [5.41, 5.74) is 2.94. The molecule has 2 heterocycles. The molecule has 186 valence electrons. The minimum atomic E-state index is -1.00. The normalized spacial score (nSPS) is 11.9. The van der Waals surface area contributed by atoms with Crippen molar-refractivity contribution in [1.29, 1.82) is 0 Å². The topological polar surface area (TPSA) is 111 Å². The average molecular weight is 497 g/mol. The number of carboxylic acid groups (broad SMARTS) is 1. The highest BCUT2D eigenvalue weighted by atomic mass is 16.5. The Morgan fingerprint density at radius 1 is 0.973 bits per heavy atom. The number of hydrogen-bond donors (Lipinski definition) is 1. The van der Waals surface area contributed by atoms with Crippen LogP contribution in [0.1, 0.15) is 27.5 Å². The van der Waals surface area contributed by atoms with Gasteiger partial charge < -0.3 is 19.2 Å². The number of aromatic nitrogens is 3. The van der Waals surface area contributed by atoms with Crippen LogP contribution in [0.3, 0.4) is 0 Å². The molecule has 0 aliphatic carbocycles. The number of ether oxygens (including phenoxy) is 1. The van der Waals surface area contributed by atoms with Gasteiger partial charge in [-0.25, -0.2) is 14.8 Å². The molecule has 0 radical (unpaired) electrons. The number of rotatable bonds is 7. The van der Waals surface area contributed by atoms with Gasteiger partial charge in [0.25, 0.3) is 11.4 Å². The van der Waals surface area contributed by atoms with Crippen molar-refractivity contribution >= 4 is 23.0 Å². The van der Waals surface area contributed by atoms with Crippen LogP contribution in [-0.2, 0) is 7.05 Å². The van der Waals surface area contributed by atoms with E-state index in [4.69, 9.17) is 14.1 Å². The number of aromatic carboxylic acids is 1. The summed E-state index contributed by atoms with van der Waals surface area (Å²) in [6.45, 7) is 0. The number of hydrogen-bond acceptors (Lipinski definition) is 7. The predicted octanol–water partition coefficient (Wildman–Crippen LogP) is 4.52. The number of oxazole rings is 1. The number of para-hydroxylation sites is 2. The number of carboxylic acids is 1. The first kappa shape index (κ1) is 23.8. The van der Waals surface area contributed by atoms with Crippen molar-refractivity contribution in [3.8, 4) is 17.3 Å². The minimum absolute atomic E-state index is 0.0216. The third-order valence-corrected chi connectivity index (χ3v) is 6.22. The van der Waals surface area contributed by atoms with E-state index in [0.717, 1.165) is 11.1 Å². The van der Waals surface area contributed by atoms with Gasteiger partial charge in [0.1, 0.15) is 5.52 Å². The van der Waals surface area contributed by atoms with E-state index in [1.54, 1.807) is 37.4 Å². The molecule has 0 bridgehead atoms. The molecule has 37 heavy (non-hydrogen) atoms. The number of methoxy groups -OCH3 is 1. The van der Waals surface area contributed by atoms with Gasteiger partial charge in [-0.2, -0.15) is 0 Å². The fourth-order valence-corrected chi connectivity index (χ4v) is 4.39. The quantitative estimate of drug-likeness (QED) is 0.350. The van der Waals surface area contributed by atoms with E-state index in [1.807, 2.05) is 60.5 Å². The van der Waals surface area contributed by atoms with Gasteiger partial charge in [-0.05, 0) is 35.4 Å². The number of benzene rings is 3. The Kier molecular flexibility index (Phi) is 6.19. The molecule has 2 aromatic heterocycles. The zero-order valence-corrected chi connectivity index (χ0v) is 20.5. The van der Waals surface area contributed by atoms with Gasteiger partial charge in [-0.15, -0.1) is 0 Å². The maximum absolute atomic E-state index is 13.4. The monoisotopic (exact) mass is 496 g/mol. The average Bonchev–Trinajstić information content (AvgIpc) is 3.35. The summed E-state index contributed by atoms with van der Waals surface area (Å²) in [6, 6.07) is 23.3. The first-order valence-electron chi connectivity index (χ1n) is 11.5. The lowest BCUT2D eigenvalue weighted by Gasteiger charge is -2.31. The molecule has 9 nitrogen and oxygen atoms in total. The van der Waals surface area contributed by atoms with E-state index in [-0.39, 0.29) is 28.9 Å². The first-order valence-corrected chi connectivity index (χ1v) is 11.5. The molecule has 0 fully saturated rings. The van der Waals surface area contributed by atoms with Gasteiger partial charge in [-0.1, -0.05) is 54.6 Å². The summed E-state index contributed by atoms with van der Waals surface area (Å²) in [7, 11) is 4.85. The van der Waals surface area contributed by atoms with E-state index in [0.29, 0.717) is 17.0 Å². The lowest BCUT2D eigenvalue weighted by Crippen LogP contribution is -2.33. The van der Waals surface area contributed by atoms with Crippen molar-refractivity contribution in [1.82, 2.24) is 14.5 Å². The predicted molar refractivity (Wildman–Crippen MR) is 139 cm³/mol. The molecule has 5 rings (SSSR count). The molecule has 1 unspecified atom stereocenters. The van der Waals surface area contributed by atoms with Gasteiger partial charge in [0.15, 0.2) is 11.3 Å². The summed E-state index contributed by atoms with van der Waals surface area (Å²) >= 11 is 0. The van der Waals surface area contributed by atoms with E-state index in [1.165, 1.54) is 11.7 Å². The molecule has 0 saturated carbocycles. The molecular formula is C28H24N4O5. The Morgan fingerprint density at radius 3 is 2.27 bits per heavy atom. The van der Waals surface area contributed by atoms with Crippen LogP contribution in [0, 0.1) is 0 Å². The van der Waals surface area contributed by atoms with Crippen LogP contribution in [0.5, 0.6) is 5.75 Å². The van der Waals surface area contributed by atoms with Crippen LogP contribution in [-0.4, -0.2) is 39.8 Å². The smallest absolute Gasteiger partial charge is 0.335 e. The second-order valence-corrected chi connectivity index (χ2v) is 8.50. The number of nitrogens with zero attached hydrogens (tertiary/aromatic N) is 4. The summed E-state index contributed by atoms with van der Waals surface area (Å²) in [6.07, 6.45) is 0. The summed E-state index contributed by atoms with van der Waals surface area (Å²) in [5.74, 6) is -0.460. The molecule has 1 atom stereocenters. The lowest BCUT2D eigenvalue weighted by molar-refractivity contribution is 0.0697. The van der Waals surface area contributed by atoms with Crippen LogP contribution in [0.15, 0.2) is 88.1 Å². The summed E-state index contributed by atoms with van der Waals surface area (Å²) < 4.78 is 12.8. The third-order valence-electron chi connectivity index (χ3n) is 6.22. The Hall–Kier alpha value is -4.92. The van der Waals surface area contributed by atoms with E-state index in [2.05, 4.69) is 4.98 Å². The second kappa shape index (κ2) is 9.62. The van der Waals surface area contributed by atoms with Crippen molar-refractivity contribution < 1.29 is 19.1 Å². The summed E-state index contributed by atoms with van der Waals surface area (Å²) in [5, 5.41) is 9.34. The maximum atomic E-state index is 13.4. The third kappa shape index (κ3) is 4.31. The molecule has 1 N–H and O–H groups in total. The molecule has 0 aliphatic rings. The number of carbonyl (C=O) groups is 1. The molecule has 5 aromatic rings. The van der Waals surface area contributed by atoms with E-state index in [9.17, 15) is 14.7 Å². The van der Waals surface area contributed by atoms with Crippen LogP contribution in [0.25, 0.3) is 22.7 Å². The fraction of sp³-hybridized carbons (Fsp3) is 0.143.